The molecule has 0 aliphatic carbocycles. The second-order valence-corrected chi connectivity index (χ2v) is 7.30. The van der Waals surface area contributed by atoms with Crippen molar-refractivity contribution in [2.75, 3.05) is 17.7 Å². The molecule has 25 heavy (non-hydrogen) atoms. The van der Waals surface area contributed by atoms with E-state index in [2.05, 4.69) is 5.32 Å². The molecule has 0 saturated heterocycles. The number of carbonyl (C=O) groups excluding carboxylic acids is 1. The van der Waals surface area contributed by atoms with Crippen LogP contribution < -0.4 is 14.8 Å². The molecule has 1 amide bonds. The molecule has 2 aromatic rings. The van der Waals surface area contributed by atoms with Gasteiger partial charge in [-0.15, -0.1) is 11.8 Å². The van der Waals surface area contributed by atoms with Crippen LogP contribution in [0.3, 0.4) is 0 Å². The van der Waals surface area contributed by atoms with Crippen molar-refractivity contribution < 1.29 is 14.3 Å². The summed E-state index contributed by atoms with van der Waals surface area (Å²) in [4.78, 5) is 13.3. The SMILES string of the molecule is CCOc1cc2c(cc1NC(=O)CSc1ccc(Cl)cc1)OC(C)C2. The van der Waals surface area contributed by atoms with Gasteiger partial charge in [0.05, 0.1) is 18.0 Å². The molecule has 0 bridgehead atoms. The summed E-state index contributed by atoms with van der Waals surface area (Å²) in [6.07, 6.45) is 1.01. The molecule has 0 spiro atoms. The first-order valence-corrected chi connectivity index (χ1v) is 9.56. The quantitative estimate of drug-likeness (QED) is 0.735. The van der Waals surface area contributed by atoms with Gasteiger partial charge >= 0.3 is 0 Å². The second kappa shape index (κ2) is 8.02. The van der Waals surface area contributed by atoms with Crippen molar-refractivity contribution in [3.05, 3.63) is 47.0 Å². The summed E-state index contributed by atoms with van der Waals surface area (Å²) in [5.41, 5.74) is 1.76. The van der Waals surface area contributed by atoms with Crippen LogP contribution in [0.4, 0.5) is 5.69 Å². The van der Waals surface area contributed by atoms with Crippen molar-refractivity contribution in [1.29, 1.82) is 0 Å². The fourth-order valence-corrected chi connectivity index (χ4v) is 3.50. The van der Waals surface area contributed by atoms with Crippen molar-refractivity contribution in [2.45, 2.75) is 31.3 Å². The molecule has 0 saturated carbocycles. The Morgan fingerprint density at radius 3 is 2.84 bits per heavy atom. The third-order valence-electron chi connectivity index (χ3n) is 3.76. The number of nitrogens with one attached hydrogen (secondary N) is 1. The molecule has 132 valence electrons. The normalized spacial score (nSPS) is 15.4. The van der Waals surface area contributed by atoms with Crippen molar-refractivity contribution >= 4 is 35.0 Å². The van der Waals surface area contributed by atoms with Crippen molar-refractivity contribution in [2.24, 2.45) is 0 Å². The smallest absolute Gasteiger partial charge is 0.234 e. The Morgan fingerprint density at radius 1 is 1.36 bits per heavy atom. The van der Waals surface area contributed by atoms with Gasteiger partial charge < -0.3 is 14.8 Å². The molecule has 2 aromatic carbocycles. The molecule has 3 rings (SSSR count). The van der Waals surface area contributed by atoms with Gasteiger partial charge in [0.25, 0.3) is 0 Å². The molecule has 0 fully saturated rings. The van der Waals surface area contributed by atoms with E-state index in [9.17, 15) is 4.79 Å². The van der Waals surface area contributed by atoms with Gasteiger partial charge in [-0.1, -0.05) is 11.6 Å². The van der Waals surface area contributed by atoms with Crippen LogP contribution in [0.1, 0.15) is 19.4 Å². The highest BCUT2D eigenvalue weighted by Gasteiger charge is 2.22. The Labute approximate surface area is 156 Å². The van der Waals surface area contributed by atoms with Gasteiger partial charge in [-0.05, 0) is 44.2 Å². The molecule has 6 heteroatoms. The summed E-state index contributed by atoms with van der Waals surface area (Å²) in [6.45, 7) is 4.49. The van der Waals surface area contributed by atoms with E-state index in [1.165, 1.54) is 11.8 Å². The van der Waals surface area contributed by atoms with E-state index in [-0.39, 0.29) is 12.0 Å². The van der Waals surface area contributed by atoms with E-state index in [1.54, 1.807) is 0 Å². The molecule has 1 aliphatic rings. The number of benzene rings is 2. The highest BCUT2D eigenvalue weighted by atomic mass is 35.5. The van der Waals surface area contributed by atoms with Crippen LogP contribution in [0.5, 0.6) is 11.5 Å². The molecular formula is C19H20ClNO3S. The van der Waals surface area contributed by atoms with Gasteiger partial charge in [0.2, 0.25) is 5.91 Å². The lowest BCUT2D eigenvalue weighted by molar-refractivity contribution is -0.113. The third kappa shape index (κ3) is 4.61. The highest BCUT2D eigenvalue weighted by molar-refractivity contribution is 8.00. The summed E-state index contributed by atoms with van der Waals surface area (Å²) < 4.78 is 11.5. The van der Waals surface area contributed by atoms with Gasteiger partial charge in [-0.2, -0.15) is 0 Å². The topological polar surface area (TPSA) is 47.6 Å². The molecule has 1 atom stereocenters. The number of rotatable bonds is 6. The predicted molar refractivity (Wildman–Crippen MR) is 102 cm³/mol. The monoisotopic (exact) mass is 377 g/mol. The number of thioether (sulfide) groups is 1. The number of anilines is 1. The van der Waals surface area contributed by atoms with Crippen LogP contribution >= 0.6 is 23.4 Å². The van der Waals surface area contributed by atoms with E-state index in [0.717, 1.165) is 22.6 Å². The summed E-state index contributed by atoms with van der Waals surface area (Å²) in [7, 11) is 0. The Balaban J connectivity index is 1.67. The van der Waals surface area contributed by atoms with Crippen LogP contribution in [-0.2, 0) is 11.2 Å². The lowest BCUT2D eigenvalue weighted by atomic mass is 10.1. The fraction of sp³-hybridized carbons (Fsp3) is 0.316. The lowest BCUT2D eigenvalue weighted by Gasteiger charge is -2.13. The van der Waals surface area contributed by atoms with Crippen molar-refractivity contribution in [3.8, 4) is 11.5 Å². The summed E-state index contributed by atoms with van der Waals surface area (Å²) >= 11 is 7.33. The minimum atomic E-state index is -0.0908. The third-order valence-corrected chi connectivity index (χ3v) is 5.02. The van der Waals surface area contributed by atoms with Gasteiger partial charge in [-0.25, -0.2) is 0 Å². The minimum Gasteiger partial charge on any atom is -0.492 e. The van der Waals surface area contributed by atoms with Gasteiger partial charge in [0.15, 0.2) is 0 Å². The zero-order valence-electron chi connectivity index (χ0n) is 14.2. The van der Waals surface area contributed by atoms with Gasteiger partial charge in [0, 0.05) is 28.0 Å². The Hall–Kier alpha value is -1.85. The summed E-state index contributed by atoms with van der Waals surface area (Å²) in [5.74, 6) is 1.72. The predicted octanol–water partition coefficient (Wildman–Crippen LogP) is 4.79. The minimum absolute atomic E-state index is 0.0908. The van der Waals surface area contributed by atoms with E-state index >= 15 is 0 Å². The van der Waals surface area contributed by atoms with Crippen molar-refractivity contribution in [1.82, 2.24) is 0 Å². The standard InChI is InChI=1S/C19H20ClNO3S/c1-3-23-18-9-13-8-12(2)24-17(13)10-16(18)21-19(22)11-25-15-6-4-14(20)5-7-15/h4-7,9-10,12H,3,8,11H2,1-2H3,(H,21,22). The largest absolute Gasteiger partial charge is 0.492 e. The van der Waals surface area contributed by atoms with Crippen molar-refractivity contribution in [3.63, 3.8) is 0 Å². The van der Waals surface area contributed by atoms with Crippen LogP contribution in [0.2, 0.25) is 5.02 Å². The number of hydrogen-bond acceptors (Lipinski definition) is 4. The lowest BCUT2D eigenvalue weighted by Crippen LogP contribution is -2.15. The zero-order chi connectivity index (χ0) is 17.8. The second-order valence-electron chi connectivity index (χ2n) is 5.81. The molecule has 1 unspecified atom stereocenters. The number of ether oxygens (including phenoxy) is 2. The fourth-order valence-electron chi connectivity index (χ4n) is 2.68. The van der Waals surface area contributed by atoms with Gasteiger partial charge in [-0.3, -0.25) is 4.79 Å². The zero-order valence-corrected chi connectivity index (χ0v) is 15.7. The summed E-state index contributed by atoms with van der Waals surface area (Å²) in [6, 6.07) is 11.2. The number of hydrogen-bond donors (Lipinski definition) is 1. The van der Waals surface area contributed by atoms with E-state index in [1.807, 2.05) is 50.2 Å². The Bertz CT molecular complexity index is 764. The molecule has 1 N–H and O–H groups in total. The number of fused-ring (bicyclic) bond motifs is 1. The maximum Gasteiger partial charge on any atom is 0.234 e. The maximum atomic E-state index is 12.3. The van der Waals surface area contributed by atoms with Gasteiger partial charge in [0.1, 0.15) is 17.6 Å². The maximum absolute atomic E-state index is 12.3. The first kappa shape index (κ1) is 18.0. The number of amides is 1. The Kier molecular flexibility index (Phi) is 5.76. The van der Waals surface area contributed by atoms with E-state index in [0.29, 0.717) is 28.8 Å². The molecule has 1 heterocycles. The molecule has 0 radical (unpaired) electrons. The molecule has 0 aromatic heterocycles. The first-order valence-electron chi connectivity index (χ1n) is 8.19. The van der Waals surface area contributed by atoms with E-state index in [4.69, 9.17) is 21.1 Å². The van der Waals surface area contributed by atoms with Crippen LogP contribution in [0.15, 0.2) is 41.3 Å². The Morgan fingerprint density at radius 2 is 2.12 bits per heavy atom. The molecule has 1 aliphatic heterocycles. The summed E-state index contributed by atoms with van der Waals surface area (Å²) in [5, 5.41) is 3.61. The highest BCUT2D eigenvalue weighted by Crippen LogP contribution is 2.38. The number of carbonyl (C=O) groups is 1. The average molecular weight is 378 g/mol. The van der Waals surface area contributed by atoms with Crippen LogP contribution in [-0.4, -0.2) is 24.4 Å². The van der Waals surface area contributed by atoms with Crippen LogP contribution in [0.25, 0.3) is 0 Å². The first-order chi connectivity index (χ1) is 12.0. The average Bonchev–Trinajstić information content (AvgIpc) is 2.94. The molecule has 4 nitrogen and oxygen atoms in total. The number of halogens is 1. The molecular weight excluding hydrogens is 358 g/mol. The van der Waals surface area contributed by atoms with Crippen LogP contribution in [0, 0.1) is 0 Å². The van der Waals surface area contributed by atoms with E-state index < -0.39 is 0 Å².